The Kier molecular flexibility index (Phi) is 7.03. The van der Waals surface area contributed by atoms with E-state index >= 15 is 0 Å². The van der Waals surface area contributed by atoms with Crippen molar-refractivity contribution in [3.8, 4) is 11.5 Å². The summed E-state index contributed by atoms with van der Waals surface area (Å²) >= 11 is 1.46. The van der Waals surface area contributed by atoms with E-state index < -0.39 is 24.5 Å². The Labute approximate surface area is 177 Å². The van der Waals surface area contributed by atoms with Crippen molar-refractivity contribution in [2.24, 2.45) is 0 Å². The lowest BCUT2D eigenvalue weighted by Gasteiger charge is -2.18. The number of thiophene rings is 1. The molecule has 1 heterocycles. The summed E-state index contributed by atoms with van der Waals surface area (Å²) in [7, 11) is 2.93. The second kappa shape index (κ2) is 9.89. The largest absolute Gasteiger partial charge is 0.497 e. The highest BCUT2D eigenvalue weighted by Gasteiger charge is 2.20. The molecule has 0 saturated carbocycles. The molecule has 3 aromatic rings. The number of esters is 1. The van der Waals surface area contributed by atoms with Crippen molar-refractivity contribution in [3.05, 3.63) is 81.8 Å². The molecule has 3 rings (SSSR count). The molecule has 0 aliphatic heterocycles. The Hall–Kier alpha value is -3.39. The average Bonchev–Trinajstić information content (AvgIpc) is 3.30. The summed E-state index contributed by atoms with van der Waals surface area (Å²) in [5.41, 5.74) is 0.898. The van der Waals surface area contributed by atoms with Gasteiger partial charge in [-0.15, -0.1) is 11.3 Å². The van der Waals surface area contributed by atoms with Gasteiger partial charge in [-0.3, -0.25) is 4.79 Å². The van der Waals surface area contributed by atoms with Gasteiger partial charge in [0.05, 0.1) is 20.3 Å². The zero-order chi connectivity index (χ0) is 21.5. The highest BCUT2D eigenvalue weighted by atomic mass is 32.1. The summed E-state index contributed by atoms with van der Waals surface area (Å²) < 4.78 is 28.7. The molecule has 6 nitrogen and oxygen atoms in total. The Bertz CT molecular complexity index is 1000. The van der Waals surface area contributed by atoms with E-state index in [9.17, 15) is 14.0 Å². The lowest BCUT2D eigenvalue weighted by molar-refractivity contribution is -0.124. The van der Waals surface area contributed by atoms with E-state index in [2.05, 4.69) is 5.32 Å². The molecule has 0 fully saturated rings. The molecule has 8 heteroatoms. The van der Waals surface area contributed by atoms with Crippen molar-refractivity contribution in [2.45, 2.75) is 6.04 Å². The molecule has 1 atom stereocenters. The van der Waals surface area contributed by atoms with Gasteiger partial charge in [-0.2, -0.15) is 0 Å². The number of amides is 1. The fourth-order valence-corrected chi connectivity index (χ4v) is 3.61. The van der Waals surface area contributed by atoms with Crippen LogP contribution in [0.15, 0.2) is 60.0 Å². The third kappa shape index (κ3) is 5.15. The van der Waals surface area contributed by atoms with Gasteiger partial charge in [0, 0.05) is 10.9 Å². The van der Waals surface area contributed by atoms with Crippen LogP contribution < -0.4 is 14.8 Å². The summed E-state index contributed by atoms with van der Waals surface area (Å²) in [6.07, 6.45) is 0. The van der Waals surface area contributed by atoms with Gasteiger partial charge < -0.3 is 19.5 Å². The first-order chi connectivity index (χ1) is 14.5. The molecule has 1 amide bonds. The van der Waals surface area contributed by atoms with Crippen molar-refractivity contribution in [2.75, 3.05) is 20.8 Å². The third-order valence-electron chi connectivity index (χ3n) is 4.30. The summed E-state index contributed by atoms with van der Waals surface area (Å²) in [5, 5.41) is 4.71. The van der Waals surface area contributed by atoms with Crippen LogP contribution in [0, 0.1) is 5.82 Å². The lowest BCUT2D eigenvalue weighted by atomic mass is 10.1. The quantitative estimate of drug-likeness (QED) is 0.549. The number of nitrogens with one attached hydrogen (secondary N) is 1. The van der Waals surface area contributed by atoms with E-state index in [0.717, 1.165) is 10.4 Å². The van der Waals surface area contributed by atoms with E-state index in [0.29, 0.717) is 5.75 Å². The van der Waals surface area contributed by atoms with Gasteiger partial charge in [-0.1, -0.05) is 18.2 Å². The van der Waals surface area contributed by atoms with E-state index in [1.165, 1.54) is 43.8 Å². The van der Waals surface area contributed by atoms with Crippen LogP contribution in [0.25, 0.3) is 0 Å². The molecule has 0 spiro atoms. The standard InChI is InChI=1S/C22H20FNO5S/c1-27-16-9-10-17(18(12-16)28-2)22(26)29-13-20(25)24-21(19-4-3-11-30-19)14-5-7-15(23)8-6-14/h3-12,21H,13H2,1-2H3,(H,24,25). The Morgan fingerprint density at radius 2 is 1.83 bits per heavy atom. The molecule has 1 aromatic heterocycles. The van der Waals surface area contributed by atoms with Gasteiger partial charge in [0.15, 0.2) is 6.61 Å². The fraction of sp³-hybridized carbons (Fsp3) is 0.182. The zero-order valence-corrected chi connectivity index (χ0v) is 17.2. The lowest BCUT2D eigenvalue weighted by Crippen LogP contribution is -2.32. The number of halogens is 1. The Morgan fingerprint density at radius 1 is 1.07 bits per heavy atom. The molecule has 156 valence electrons. The molecule has 0 aliphatic carbocycles. The SMILES string of the molecule is COc1ccc(C(=O)OCC(=O)NC(c2ccc(F)cc2)c2cccs2)c(OC)c1. The van der Waals surface area contributed by atoms with E-state index in [1.54, 1.807) is 24.3 Å². The predicted octanol–water partition coefficient (Wildman–Crippen LogP) is 3.97. The highest BCUT2D eigenvalue weighted by Crippen LogP contribution is 2.27. The monoisotopic (exact) mass is 429 g/mol. The van der Waals surface area contributed by atoms with Crippen molar-refractivity contribution in [1.29, 1.82) is 0 Å². The number of hydrogen-bond donors (Lipinski definition) is 1. The third-order valence-corrected chi connectivity index (χ3v) is 5.24. The minimum Gasteiger partial charge on any atom is -0.497 e. The van der Waals surface area contributed by atoms with Crippen LogP contribution in [-0.4, -0.2) is 32.7 Å². The van der Waals surface area contributed by atoms with Crippen LogP contribution >= 0.6 is 11.3 Å². The van der Waals surface area contributed by atoms with Crippen molar-refractivity contribution >= 4 is 23.2 Å². The smallest absolute Gasteiger partial charge is 0.342 e. The average molecular weight is 429 g/mol. The van der Waals surface area contributed by atoms with Crippen LogP contribution in [0.1, 0.15) is 26.8 Å². The fourth-order valence-electron chi connectivity index (χ4n) is 2.81. The predicted molar refractivity (Wildman–Crippen MR) is 111 cm³/mol. The molecule has 1 N–H and O–H groups in total. The topological polar surface area (TPSA) is 73.9 Å². The maximum atomic E-state index is 13.3. The molecule has 30 heavy (non-hydrogen) atoms. The number of hydrogen-bond acceptors (Lipinski definition) is 6. The number of rotatable bonds is 8. The van der Waals surface area contributed by atoms with Crippen LogP contribution in [0.3, 0.4) is 0 Å². The molecule has 0 aliphatic rings. The molecular weight excluding hydrogens is 409 g/mol. The maximum absolute atomic E-state index is 13.3. The maximum Gasteiger partial charge on any atom is 0.342 e. The molecule has 0 saturated heterocycles. The van der Waals surface area contributed by atoms with Crippen LogP contribution in [0.4, 0.5) is 4.39 Å². The van der Waals surface area contributed by atoms with Gasteiger partial charge in [0.2, 0.25) is 0 Å². The van der Waals surface area contributed by atoms with Gasteiger partial charge >= 0.3 is 5.97 Å². The summed E-state index contributed by atoms with van der Waals surface area (Å²) in [5.74, 6) is -0.739. The van der Waals surface area contributed by atoms with E-state index in [-0.39, 0.29) is 17.1 Å². The van der Waals surface area contributed by atoms with Gasteiger partial charge in [-0.05, 0) is 41.3 Å². The minimum atomic E-state index is -0.695. The number of methoxy groups -OCH3 is 2. The molecule has 2 aromatic carbocycles. The van der Waals surface area contributed by atoms with E-state index in [1.807, 2.05) is 17.5 Å². The minimum absolute atomic E-state index is 0.180. The Morgan fingerprint density at radius 3 is 2.47 bits per heavy atom. The first kappa shape index (κ1) is 21.3. The molecule has 0 bridgehead atoms. The second-order valence-electron chi connectivity index (χ2n) is 6.21. The number of carbonyl (C=O) groups is 2. The first-order valence-corrected chi connectivity index (χ1v) is 9.87. The number of carbonyl (C=O) groups excluding carboxylic acids is 2. The van der Waals surface area contributed by atoms with Gasteiger partial charge in [0.1, 0.15) is 22.9 Å². The van der Waals surface area contributed by atoms with Gasteiger partial charge in [-0.25, -0.2) is 9.18 Å². The van der Waals surface area contributed by atoms with Crippen molar-refractivity contribution < 1.29 is 28.2 Å². The normalized spacial score (nSPS) is 11.4. The summed E-state index contributed by atoms with van der Waals surface area (Å²) in [6.45, 7) is -0.475. The van der Waals surface area contributed by atoms with Crippen LogP contribution in [-0.2, 0) is 9.53 Å². The van der Waals surface area contributed by atoms with Crippen molar-refractivity contribution in [1.82, 2.24) is 5.32 Å². The molecule has 0 radical (unpaired) electrons. The highest BCUT2D eigenvalue weighted by molar-refractivity contribution is 7.10. The molecule has 1 unspecified atom stereocenters. The van der Waals surface area contributed by atoms with Crippen LogP contribution in [0.5, 0.6) is 11.5 Å². The van der Waals surface area contributed by atoms with Crippen molar-refractivity contribution in [3.63, 3.8) is 0 Å². The van der Waals surface area contributed by atoms with Gasteiger partial charge in [0.25, 0.3) is 5.91 Å². The zero-order valence-electron chi connectivity index (χ0n) is 16.4. The summed E-state index contributed by atoms with van der Waals surface area (Å²) in [4.78, 5) is 25.7. The van der Waals surface area contributed by atoms with E-state index in [4.69, 9.17) is 14.2 Å². The Balaban J connectivity index is 1.67. The number of ether oxygens (including phenoxy) is 3. The summed E-state index contributed by atoms with van der Waals surface area (Å²) in [6, 6.07) is 13.8. The van der Waals surface area contributed by atoms with Crippen LogP contribution in [0.2, 0.25) is 0 Å². The first-order valence-electron chi connectivity index (χ1n) is 8.99. The number of benzene rings is 2. The second-order valence-corrected chi connectivity index (χ2v) is 7.19. The molecular formula is C22H20FNO5S.